The van der Waals surface area contributed by atoms with Crippen molar-refractivity contribution in [2.75, 3.05) is 38.5 Å². The molecule has 0 unspecified atom stereocenters. The Morgan fingerprint density at radius 3 is 2.67 bits per heavy atom. The zero-order valence-corrected chi connectivity index (χ0v) is 14.8. The van der Waals surface area contributed by atoms with E-state index in [0.717, 1.165) is 30.8 Å². The largest absolute Gasteiger partial charge is 0.493 e. The highest BCUT2D eigenvalue weighted by molar-refractivity contribution is 7.89. The summed E-state index contributed by atoms with van der Waals surface area (Å²) < 4.78 is 31.3. The minimum atomic E-state index is -3.18. The minimum Gasteiger partial charge on any atom is -0.493 e. The van der Waals surface area contributed by atoms with Gasteiger partial charge in [0.25, 0.3) is 5.91 Å². The number of amides is 1. The first-order valence-electron chi connectivity index (χ1n) is 8.54. The van der Waals surface area contributed by atoms with Crippen molar-refractivity contribution in [3.8, 4) is 5.75 Å². The monoisotopic (exact) mass is 352 g/mol. The molecule has 1 fully saturated rings. The first kappa shape index (κ1) is 17.2. The zero-order chi connectivity index (χ0) is 17.2. The number of hydrogen-bond acceptors (Lipinski definition) is 4. The topological polar surface area (TPSA) is 66.9 Å². The van der Waals surface area contributed by atoms with Crippen LogP contribution in [-0.4, -0.2) is 62.1 Å². The average Bonchev–Trinajstić information content (AvgIpc) is 2.61. The first-order valence-corrected chi connectivity index (χ1v) is 10.1. The highest BCUT2D eigenvalue weighted by Crippen LogP contribution is 2.26. The molecule has 132 valence electrons. The van der Waals surface area contributed by atoms with Crippen molar-refractivity contribution in [3.63, 3.8) is 0 Å². The maximum atomic E-state index is 12.7. The summed E-state index contributed by atoms with van der Waals surface area (Å²) in [5, 5.41) is 0. The molecule has 2 heterocycles. The molecule has 6 nitrogen and oxygen atoms in total. The number of aryl methyl sites for hydroxylation is 1. The molecule has 1 saturated heterocycles. The number of fused-ring (bicyclic) bond motifs is 1. The van der Waals surface area contributed by atoms with Gasteiger partial charge in [-0.3, -0.25) is 4.79 Å². The highest BCUT2D eigenvalue weighted by Gasteiger charge is 2.28. The predicted octanol–water partition coefficient (Wildman–Crippen LogP) is 1.51. The Labute approximate surface area is 143 Å². The van der Waals surface area contributed by atoms with Gasteiger partial charge in [-0.2, -0.15) is 4.31 Å². The second kappa shape index (κ2) is 7.11. The van der Waals surface area contributed by atoms with Gasteiger partial charge in [-0.05, 0) is 43.0 Å². The number of rotatable bonds is 4. The third-order valence-corrected chi connectivity index (χ3v) is 6.61. The molecule has 0 aromatic heterocycles. The quantitative estimate of drug-likeness (QED) is 0.824. The number of ether oxygens (including phenoxy) is 1. The fourth-order valence-electron chi connectivity index (χ4n) is 3.23. The summed E-state index contributed by atoms with van der Waals surface area (Å²) in [6, 6.07) is 5.58. The number of sulfonamides is 1. The average molecular weight is 352 g/mol. The lowest BCUT2D eigenvalue weighted by atomic mass is 10.0. The highest BCUT2D eigenvalue weighted by atomic mass is 32.2. The Bertz CT molecular complexity index is 709. The molecule has 0 saturated carbocycles. The van der Waals surface area contributed by atoms with Crippen LogP contribution in [0.4, 0.5) is 0 Å². The fourth-order valence-corrected chi connectivity index (χ4v) is 4.73. The van der Waals surface area contributed by atoms with E-state index < -0.39 is 10.0 Å². The fraction of sp³-hybridized carbons (Fsp3) is 0.588. The van der Waals surface area contributed by atoms with Crippen molar-refractivity contribution >= 4 is 15.9 Å². The summed E-state index contributed by atoms with van der Waals surface area (Å²) in [6.07, 6.45) is 2.51. The van der Waals surface area contributed by atoms with Crippen LogP contribution in [0.2, 0.25) is 0 Å². The summed E-state index contributed by atoms with van der Waals surface area (Å²) in [6.45, 7) is 4.22. The second-order valence-electron chi connectivity index (χ2n) is 6.28. The Balaban J connectivity index is 1.65. The van der Waals surface area contributed by atoms with E-state index in [4.69, 9.17) is 4.74 Å². The lowest BCUT2D eigenvalue weighted by Gasteiger charge is -2.34. The Morgan fingerprint density at radius 2 is 1.96 bits per heavy atom. The standard InChI is InChI=1S/C17H24N2O4S/c1-2-12-24(21,22)19-9-7-18(8-10-19)17(20)15-5-6-16-14(13-15)4-3-11-23-16/h5-6,13H,2-4,7-12H2,1H3. The first-order chi connectivity index (χ1) is 11.5. The zero-order valence-electron chi connectivity index (χ0n) is 14.0. The van der Waals surface area contributed by atoms with Gasteiger partial charge in [0.15, 0.2) is 0 Å². The van der Waals surface area contributed by atoms with Crippen LogP contribution < -0.4 is 4.74 Å². The molecule has 0 radical (unpaired) electrons. The van der Waals surface area contributed by atoms with Gasteiger partial charge in [-0.25, -0.2) is 8.42 Å². The van der Waals surface area contributed by atoms with E-state index >= 15 is 0 Å². The van der Waals surface area contributed by atoms with Gasteiger partial charge in [-0.1, -0.05) is 6.92 Å². The summed E-state index contributed by atoms with van der Waals surface area (Å²) in [7, 11) is -3.18. The molecule has 3 rings (SSSR count). The van der Waals surface area contributed by atoms with Crippen molar-refractivity contribution in [3.05, 3.63) is 29.3 Å². The van der Waals surface area contributed by atoms with Crippen LogP contribution >= 0.6 is 0 Å². The molecule has 0 atom stereocenters. The van der Waals surface area contributed by atoms with Crippen LogP contribution in [0.1, 0.15) is 35.7 Å². The minimum absolute atomic E-state index is 0.0316. The van der Waals surface area contributed by atoms with Gasteiger partial charge in [0, 0.05) is 31.7 Å². The SMILES string of the molecule is CCCS(=O)(=O)N1CCN(C(=O)c2ccc3c(c2)CCCO3)CC1. The Kier molecular flexibility index (Phi) is 5.10. The van der Waals surface area contributed by atoms with E-state index in [2.05, 4.69) is 0 Å². The van der Waals surface area contributed by atoms with E-state index in [0.29, 0.717) is 38.2 Å². The molecule has 0 bridgehead atoms. The van der Waals surface area contributed by atoms with Crippen molar-refractivity contribution in [2.45, 2.75) is 26.2 Å². The maximum absolute atomic E-state index is 12.7. The molecular formula is C17H24N2O4S. The molecule has 1 aromatic rings. The van der Waals surface area contributed by atoms with Gasteiger partial charge in [0.1, 0.15) is 5.75 Å². The summed E-state index contributed by atoms with van der Waals surface area (Å²) in [5.41, 5.74) is 1.74. The predicted molar refractivity (Wildman–Crippen MR) is 91.8 cm³/mol. The number of benzene rings is 1. The van der Waals surface area contributed by atoms with E-state index in [1.165, 1.54) is 4.31 Å². The van der Waals surface area contributed by atoms with Crippen LogP contribution in [0.3, 0.4) is 0 Å². The maximum Gasteiger partial charge on any atom is 0.253 e. The summed E-state index contributed by atoms with van der Waals surface area (Å²) in [5.74, 6) is 1.01. The molecule has 2 aliphatic rings. The molecular weight excluding hydrogens is 328 g/mol. The van der Waals surface area contributed by atoms with Gasteiger partial charge in [0.05, 0.1) is 12.4 Å². The van der Waals surface area contributed by atoms with Crippen molar-refractivity contribution in [1.29, 1.82) is 0 Å². The molecule has 1 amide bonds. The molecule has 0 spiro atoms. The van der Waals surface area contributed by atoms with Crippen LogP contribution in [0.5, 0.6) is 5.75 Å². The lowest BCUT2D eigenvalue weighted by Crippen LogP contribution is -2.51. The molecule has 24 heavy (non-hydrogen) atoms. The van der Waals surface area contributed by atoms with E-state index in [9.17, 15) is 13.2 Å². The lowest BCUT2D eigenvalue weighted by molar-refractivity contribution is 0.0697. The Morgan fingerprint density at radius 1 is 1.21 bits per heavy atom. The summed E-state index contributed by atoms with van der Waals surface area (Å²) >= 11 is 0. The van der Waals surface area contributed by atoms with E-state index in [1.807, 2.05) is 19.1 Å². The van der Waals surface area contributed by atoms with Gasteiger partial charge in [-0.15, -0.1) is 0 Å². The van der Waals surface area contributed by atoms with Crippen LogP contribution in [-0.2, 0) is 16.4 Å². The van der Waals surface area contributed by atoms with Crippen LogP contribution in [0.15, 0.2) is 18.2 Å². The number of hydrogen-bond donors (Lipinski definition) is 0. The van der Waals surface area contributed by atoms with Gasteiger partial charge < -0.3 is 9.64 Å². The third kappa shape index (κ3) is 3.57. The second-order valence-corrected chi connectivity index (χ2v) is 8.37. The van der Waals surface area contributed by atoms with Gasteiger partial charge >= 0.3 is 0 Å². The normalized spacial score (nSPS) is 18.8. The molecule has 2 aliphatic heterocycles. The number of carbonyl (C=O) groups excluding carboxylic acids is 1. The van der Waals surface area contributed by atoms with Gasteiger partial charge in [0.2, 0.25) is 10.0 Å². The number of piperazine rings is 1. The number of carbonyl (C=O) groups is 1. The van der Waals surface area contributed by atoms with E-state index in [-0.39, 0.29) is 11.7 Å². The van der Waals surface area contributed by atoms with Crippen LogP contribution in [0.25, 0.3) is 0 Å². The molecule has 0 aliphatic carbocycles. The third-order valence-electron chi connectivity index (χ3n) is 4.54. The van der Waals surface area contributed by atoms with Crippen LogP contribution in [0, 0.1) is 0 Å². The Hall–Kier alpha value is -1.60. The van der Waals surface area contributed by atoms with E-state index in [1.54, 1.807) is 11.0 Å². The van der Waals surface area contributed by atoms with Crippen molar-refractivity contribution in [1.82, 2.24) is 9.21 Å². The van der Waals surface area contributed by atoms with Crippen molar-refractivity contribution in [2.24, 2.45) is 0 Å². The molecule has 0 N–H and O–H groups in total. The smallest absolute Gasteiger partial charge is 0.253 e. The molecule has 7 heteroatoms. The van der Waals surface area contributed by atoms with Crippen molar-refractivity contribution < 1.29 is 17.9 Å². The molecule has 1 aromatic carbocycles. The number of nitrogens with zero attached hydrogens (tertiary/aromatic N) is 2. The summed E-state index contributed by atoms with van der Waals surface area (Å²) in [4.78, 5) is 14.4.